The maximum atomic E-state index is 12.9. The van der Waals surface area contributed by atoms with Gasteiger partial charge in [-0.25, -0.2) is 0 Å². The number of carbonyl (C=O) groups excluding carboxylic acids is 1. The lowest BCUT2D eigenvalue weighted by molar-refractivity contribution is -0.141. The second kappa shape index (κ2) is 6.91. The Morgan fingerprint density at radius 3 is 2.25 bits per heavy atom. The highest BCUT2D eigenvalue weighted by molar-refractivity contribution is 5.98. The second-order valence-electron chi connectivity index (χ2n) is 6.40. The summed E-state index contributed by atoms with van der Waals surface area (Å²) in [7, 11) is 1.64. The molecular weight excluding hydrogens is 304 g/mol. The maximum Gasteiger partial charge on any atom is 0.308 e. The van der Waals surface area contributed by atoms with Crippen LogP contribution in [0.3, 0.4) is 0 Å². The molecule has 1 unspecified atom stereocenters. The summed E-state index contributed by atoms with van der Waals surface area (Å²) in [4.78, 5) is 25.4. The second-order valence-corrected chi connectivity index (χ2v) is 6.40. The Morgan fingerprint density at radius 2 is 1.71 bits per heavy atom. The zero-order chi connectivity index (χ0) is 18.0. The number of hydrogen-bond donors (Lipinski definition) is 1. The quantitative estimate of drug-likeness (QED) is 0.917. The fourth-order valence-corrected chi connectivity index (χ4v) is 2.84. The van der Waals surface area contributed by atoms with Gasteiger partial charge in [0, 0.05) is 25.0 Å². The Kier molecular flexibility index (Phi) is 5.12. The number of carbonyl (C=O) groups is 2. The van der Waals surface area contributed by atoms with Crippen molar-refractivity contribution in [3.8, 4) is 5.69 Å². The van der Waals surface area contributed by atoms with Gasteiger partial charge in [-0.3, -0.25) is 9.59 Å². The van der Waals surface area contributed by atoms with Crippen molar-refractivity contribution in [2.45, 2.75) is 27.7 Å². The fraction of sp³-hybridized carbons (Fsp3) is 0.368. The van der Waals surface area contributed by atoms with E-state index in [1.165, 1.54) is 4.90 Å². The summed E-state index contributed by atoms with van der Waals surface area (Å²) < 4.78 is 2.04. The molecule has 0 spiro atoms. The van der Waals surface area contributed by atoms with Gasteiger partial charge in [-0.05, 0) is 45.0 Å². The molecule has 0 fully saturated rings. The highest BCUT2D eigenvalue weighted by Gasteiger charge is 2.22. The lowest BCUT2D eigenvalue weighted by Crippen LogP contribution is -2.34. The largest absolute Gasteiger partial charge is 0.481 e. The predicted octanol–water partition coefficient (Wildman–Crippen LogP) is 3.20. The molecule has 0 aliphatic carbocycles. The molecular formula is C19H24N2O3. The summed E-state index contributed by atoms with van der Waals surface area (Å²) in [5.41, 5.74) is 4.49. The van der Waals surface area contributed by atoms with Crippen LogP contribution < -0.4 is 0 Å². The first-order chi connectivity index (χ1) is 11.2. The average molecular weight is 328 g/mol. The van der Waals surface area contributed by atoms with Crippen molar-refractivity contribution in [3.05, 3.63) is 52.8 Å². The van der Waals surface area contributed by atoms with Crippen molar-refractivity contribution in [1.82, 2.24) is 9.47 Å². The number of aromatic nitrogens is 1. The van der Waals surface area contributed by atoms with E-state index in [4.69, 9.17) is 5.11 Å². The van der Waals surface area contributed by atoms with E-state index in [2.05, 4.69) is 0 Å². The normalized spacial score (nSPS) is 12.0. The van der Waals surface area contributed by atoms with Gasteiger partial charge >= 0.3 is 5.97 Å². The summed E-state index contributed by atoms with van der Waals surface area (Å²) in [6.45, 7) is 7.71. The van der Waals surface area contributed by atoms with Crippen molar-refractivity contribution in [2.75, 3.05) is 13.6 Å². The van der Waals surface area contributed by atoms with Crippen LogP contribution in [-0.2, 0) is 4.79 Å². The molecule has 128 valence electrons. The smallest absolute Gasteiger partial charge is 0.308 e. The highest BCUT2D eigenvalue weighted by atomic mass is 16.4. The van der Waals surface area contributed by atoms with Crippen LogP contribution in [-0.4, -0.2) is 40.0 Å². The standard InChI is InChI=1S/C19H24N2O3/c1-12-6-9-17(21-14(3)7-8-15(21)4)16(10-12)18(22)20(5)11-13(2)19(23)24/h6-10,13H,11H2,1-5H3,(H,23,24). The lowest BCUT2D eigenvalue weighted by Gasteiger charge is -2.22. The SMILES string of the molecule is Cc1ccc(-n2c(C)ccc2C)c(C(=O)N(C)CC(C)C(=O)O)c1. The van der Waals surface area contributed by atoms with Gasteiger partial charge < -0.3 is 14.6 Å². The van der Waals surface area contributed by atoms with Crippen LogP contribution in [0.1, 0.15) is 34.2 Å². The Balaban J connectivity index is 2.44. The maximum absolute atomic E-state index is 12.9. The minimum Gasteiger partial charge on any atom is -0.481 e. The predicted molar refractivity (Wildman–Crippen MR) is 93.7 cm³/mol. The van der Waals surface area contributed by atoms with Crippen LogP contribution in [0.4, 0.5) is 0 Å². The van der Waals surface area contributed by atoms with Crippen molar-refractivity contribution in [3.63, 3.8) is 0 Å². The minimum atomic E-state index is -0.906. The minimum absolute atomic E-state index is 0.172. The van der Waals surface area contributed by atoms with E-state index >= 15 is 0 Å². The van der Waals surface area contributed by atoms with E-state index in [1.807, 2.05) is 55.7 Å². The Morgan fingerprint density at radius 1 is 1.12 bits per heavy atom. The van der Waals surface area contributed by atoms with Crippen molar-refractivity contribution in [1.29, 1.82) is 0 Å². The molecule has 0 radical (unpaired) electrons. The topological polar surface area (TPSA) is 62.5 Å². The van der Waals surface area contributed by atoms with Gasteiger partial charge in [-0.2, -0.15) is 0 Å². The summed E-state index contributed by atoms with van der Waals surface area (Å²) in [5, 5.41) is 9.06. The zero-order valence-electron chi connectivity index (χ0n) is 14.8. The molecule has 5 heteroatoms. The Bertz CT molecular complexity index is 757. The van der Waals surface area contributed by atoms with Crippen molar-refractivity contribution >= 4 is 11.9 Å². The third-order valence-electron chi connectivity index (χ3n) is 4.21. The fourth-order valence-electron chi connectivity index (χ4n) is 2.84. The van der Waals surface area contributed by atoms with E-state index in [1.54, 1.807) is 14.0 Å². The number of carboxylic acids is 1. The van der Waals surface area contributed by atoms with Crippen LogP contribution in [0.15, 0.2) is 30.3 Å². The molecule has 1 heterocycles. The van der Waals surface area contributed by atoms with Gasteiger partial charge in [0.05, 0.1) is 17.2 Å². The first kappa shape index (κ1) is 17.8. The van der Waals surface area contributed by atoms with Crippen LogP contribution in [0.5, 0.6) is 0 Å². The first-order valence-corrected chi connectivity index (χ1v) is 7.96. The van der Waals surface area contributed by atoms with E-state index in [-0.39, 0.29) is 12.5 Å². The Labute approximate surface area is 142 Å². The number of hydrogen-bond acceptors (Lipinski definition) is 2. The molecule has 0 saturated heterocycles. The summed E-state index contributed by atoms with van der Waals surface area (Å²) in [6, 6.07) is 9.81. The van der Waals surface area contributed by atoms with E-state index < -0.39 is 11.9 Å². The number of aliphatic carboxylic acids is 1. The number of amides is 1. The lowest BCUT2D eigenvalue weighted by atomic mass is 10.1. The summed E-state index contributed by atoms with van der Waals surface area (Å²) >= 11 is 0. The molecule has 5 nitrogen and oxygen atoms in total. The molecule has 1 N–H and O–H groups in total. The molecule has 2 rings (SSSR count). The number of rotatable bonds is 5. The zero-order valence-corrected chi connectivity index (χ0v) is 14.8. The molecule has 0 aliphatic rings. The van der Waals surface area contributed by atoms with Gasteiger partial charge in [0.1, 0.15) is 0 Å². The van der Waals surface area contributed by atoms with E-state index in [0.717, 1.165) is 22.6 Å². The van der Waals surface area contributed by atoms with Crippen LogP contribution in [0.2, 0.25) is 0 Å². The molecule has 0 bridgehead atoms. The van der Waals surface area contributed by atoms with Gasteiger partial charge in [-0.15, -0.1) is 0 Å². The first-order valence-electron chi connectivity index (χ1n) is 7.96. The molecule has 1 aromatic heterocycles. The van der Waals surface area contributed by atoms with Crippen molar-refractivity contribution < 1.29 is 14.7 Å². The van der Waals surface area contributed by atoms with Crippen LogP contribution in [0.25, 0.3) is 5.69 Å². The average Bonchev–Trinajstić information content (AvgIpc) is 2.85. The summed E-state index contributed by atoms with van der Waals surface area (Å²) in [5.74, 6) is -1.69. The molecule has 0 saturated carbocycles. The number of benzene rings is 1. The number of nitrogens with zero attached hydrogens (tertiary/aromatic N) is 2. The Hall–Kier alpha value is -2.56. The van der Waals surface area contributed by atoms with Gasteiger partial charge in [0.2, 0.25) is 0 Å². The van der Waals surface area contributed by atoms with Gasteiger partial charge in [-0.1, -0.05) is 18.6 Å². The molecule has 1 amide bonds. The van der Waals surface area contributed by atoms with Crippen LogP contribution in [0, 0.1) is 26.7 Å². The number of aryl methyl sites for hydroxylation is 3. The van der Waals surface area contributed by atoms with Gasteiger partial charge in [0.25, 0.3) is 5.91 Å². The van der Waals surface area contributed by atoms with Crippen LogP contribution >= 0.6 is 0 Å². The molecule has 0 aliphatic heterocycles. The van der Waals surface area contributed by atoms with E-state index in [9.17, 15) is 9.59 Å². The molecule has 1 aromatic carbocycles. The molecule has 24 heavy (non-hydrogen) atoms. The third kappa shape index (κ3) is 3.50. The monoisotopic (exact) mass is 328 g/mol. The molecule has 1 atom stereocenters. The summed E-state index contributed by atoms with van der Waals surface area (Å²) in [6.07, 6.45) is 0. The molecule has 2 aromatic rings. The highest BCUT2D eigenvalue weighted by Crippen LogP contribution is 2.23. The number of carboxylic acid groups (broad SMARTS) is 1. The van der Waals surface area contributed by atoms with Gasteiger partial charge in [0.15, 0.2) is 0 Å². The van der Waals surface area contributed by atoms with Crippen molar-refractivity contribution in [2.24, 2.45) is 5.92 Å². The van der Waals surface area contributed by atoms with E-state index in [0.29, 0.717) is 5.56 Å². The third-order valence-corrected chi connectivity index (χ3v) is 4.21.